The largest absolute Gasteiger partial charge is 0.358 e. The average Bonchev–Trinajstić information content (AvgIpc) is 2.45. The van der Waals surface area contributed by atoms with Crippen molar-refractivity contribution in [2.24, 2.45) is 0 Å². The van der Waals surface area contributed by atoms with E-state index in [1.165, 1.54) is 7.05 Å². The summed E-state index contributed by atoms with van der Waals surface area (Å²) in [6.07, 6.45) is 0.728. The number of carbonyl (C=O) groups excluding carboxylic acids is 1. The zero-order chi connectivity index (χ0) is 16.0. The van der Waals surface area contributed by atoms with Gasteiger partial charge in [-0.25, -0.2) is 4.98 Å². The Balaban J connectivity index is 3.35. The van der Waals surface area contributed by atoms with E-state index in [0.29, 0.717) is 6.54 Å². The lowest BCUT2D eigenvalue weighted by atomic mass is 10.3. The zero-order valence-corrected chi connectivity index (χ0v) is 12.6. The molecule has 0 saturated carbocycles. The molecule has 1 aromatic heterocycles. The van der Waals surface area contributed by atoms with E-state index in [2.05, 4.69) is 20.6 Å². The van der Waals surface area contributed by atoms with Crippen molar-refractivity contribution in [2.75, 3.05) is 37.4 Å². The van der Waals surface area contributed by atoms with Crippen LogP contribution >= 0.6 is 0 Å². The van der Waals surface area contributed by atoms with Crippen LogP contribution in [0.3, 0.4) is 0 Å². The van der Waals surface area contributed by atoms with Crippen LogP contribution in [0.15, 0.2) is 0 Å². The monoisotopic (exact) mass is 296 g/mol. The maximum atomic E-state index is 11.6. The molecule has 21 heavy (non-hydrogen) atoms. The summed E-state index contributed by atoms with van der Waals surface area (Å²) in [6, 6.07) is 0. The van der Waals surface area contributed by atoms with E-state index >= 15 is 0 Å². The van der Waals surface area contributed by atoms with Crippen LogP contribution in [0.1, 0.15) is 19.0 Å². The van der Waals surface area contributed by atoms with Crippen molar-refractivity contribution in [3.05, 3.63) is 15.8 Å². The highest BCUT2D eigenvalue weighted by molar-refractivity contribution is 5.81. The van der Waals surface area contributed by atoms with E-state index in [1.807, 2.05) is 6.92 Å². The fraction of sp³-hybridized carbons (Fsp3) is 0.583. The number of nitro groups is 1. The lowest BCUT2D eigenvalue weighted by Gasteiger charge is -2.22. The number of amides is 1. The number of nitrogens with zero attached hydrogens (tertiary/aromatic N) is 4. The molecule has 0 fully saturated rings. The molecule has 1 amide bonds. The van der Waals surface area contributed by atoms with Gasteiger partial charge in [-0.1, -0.05) is 6.92 Å². The Morgan fingerprint density at radius 1 is 1.38 bits per heavy atom. The van der Waals surface area contributed by atoms with Crippen LogP contribution in [0.25, 0.3) is 0 Å². The Morgan fingerprint density at radius 3 is 2.52 bits per heavy atom. The molecule has 0 saturated heterocycles. The molecule has 0 spiro atoms. The van der Waals surface area contributed by atoms with Crippen molar-refractivity contribution in [3.63, 3.8) is 0 Å². The highest BCUT2D eigenvalue weighted by Gasteiger charge is 2.27. The quantitative estimate of drug-likeness (QED) is 0.562. The van der Waals surface area contributed by atoms with Gasteiger partial charge in [0.05, 0.1) is 11.5 Å². The van der Waals surface area contributed by atoms with Crippen LogP contribution in [-0.2, 0) is 4.79 Å². The molecule has 0 aliphatic heterocycles. The van der Waals surface area contributed by atoms with Gasteiger partial charge >= 0.3 is 5.69 Å². The molecular weight excluding hydrogens is 276 g/mol. The van der Waals surface area contributed by atoms with Gasteiger partial charge in [0, 0.05) is 20.6 Å². The van der Waals surface area contributed by atoms with Crippen molar-refractivity contribution in [3.8, 4) is 0 Å². The first-order valence-electron chi connectivity index (χ1n) is 6.60. The number of hydrogen-bond acceptors (Lipinski definition) is 7. The summed E-state index contributed by atoms with van der Waals surface area (Å²) in [5, 5.41) is 16.6. The van der Waals surface area contributed by atoms with Gasteiger partial charge in [0.1, 0.15) is 5.69 Å². The zero-order valence-electron chi connectivity index (χ0n) is 12.6. The molecule has 0 radical (unpaired) electrons. The van der Waals surface area contributed by atoms with Gasteiger partial charge in [-0.3, -0.25) is 14.9 Å². The fourth-order valence-electron chi connectivity index (χ4n) is 1.88. The molecule has 0 aliphatic rings. The summed E-state index contributed by atoms with van der Waals surface area (Å²) in [5.74, 6) is 0.202. The standard InChI is InChI=1S/C12H20N6O3/c1-5-6-17(7-9(19)13-3)11-10(18(20)21)8(2)15-12(14-4)16-11/h5-7H2,1-4H3,(H,13,19)(H,14,15,16). The second-order valence-electron chi connectivity index (χ2n) is 4.41. The van der Waals surface area contributed by atoms with Gasteiger partial charge in [-0.2, -0.15) is 4.98 Å². The molecule has 1 rings (SSSR count). The first-order chi connectivity index (χ1) is 9.94. The number of rotatable bonds is 7. The second-order valence-corrected chi connectivity index (χ2v) is 4.41. The van der Waals surface area contributed by atoms with Gasteiger partial charge in [-0.05, 0) is 13.3 Å². The lowest BCUT2D eigenvalue weighted by Crippen LogP contribution is -2.37. The predicted octanol–water partition coefficient (Wildman–Crippen LogP) is 0.697. The summed E-state index contributed by atoms with van der Waals surface area (Å²) in [4.78, 5) is 32.2. The molecule has 0 unspecified atom stereocenters. The minimum Gasteiger partial charge on any atom is -0.358 e. The SMILES string of the molecule is CCCN(CC(=O)NC)c1nc(NC)nc(C)c1[N+](=O)[O-]. The number of hydrogen-bond donors (Lipinski definition) is 2. The first kappa shape index (κ1) is 16.6. The highest BCUT2D eigenvalue weighted by atomic mass is 16.6. The van der Waals surface area contributed by atoms with Crippen LogP contribution < -0.4 is 15.5 Å². The van der Waals surface area contributed by atoms with Crippen molar-refractivity contribution in [1.29, 1.82) is 0 Å². The van der Waals surface area contributed by atoms with Crippen molar-refractivity contribution < 1.29 is 9.72 Å². The summed E-state index contributed by atoms with van der Waals surface area (Å²) in [7, 11) is 3.15. The molecule has 0 atom stereocenters. The number of aryl methyl sites for hydroxylation is 1. The maximum absolute atomic E-state index is 11.6. The van der Waals surface area contributed by atoms with Crippen LogP contribution in [-0.4, -0.2) is 48.0 Å². The summed E-state index contributed by atoms with van der Waals surface area (Å²) in [6.45, 7) is 3.96. The Hall–Kier alpha value is -2.45. The van der Waals surface area contributed by atoms with Crippen molar-refractivity contribution in [1.82, 2.24) is 15.3 Å². The van der Waals surface area contributed by atoms with Crippen LogP contribution in [0.5, 0.6) is 0 Å². The summed E-state index contributed by atoms with van der Waals surface area (Å²) < 4.78 is 0. The fourth-order valence-corrected chi connectivity index (χ4v) is 1.88. The van der Waals surface area contributed by atoms with Gasteiger partial charge in [-0.15, -0.1) is 0 Å². The molecule has 0 aromatic carbocycles. The summed E-state index contributed by atoms with van der Waals surface area (Å²) in [5.41, 5.74) is 0.0821. The Morgan fingerprint density at radius 2 is 2.05 bits per heavy atom. The topological polar surface area (TPSA) is 113 Å². The molecule has 9 heteroatoms. The van der Waals surface area contributed by atoms with Gasteiger partial charge in [0.2, 0.25) is 17.7 Å². The molecule has 1 aromatic rings. The molecule has 0 bridgehead atoms. The van der Waals surface area contributed by atoms with Gasteiger partial charge in [0.25, 0.3) is 0 Å². The average molecular weight is 296 g/mol. The van der Waals surface area contributed by atoms with E-state index in [-0.39, 0.29) is 35.6 Å². The number of nitrogens with one attached hydrogen (secondary N) is 2. The van der Waals surface area contributed by atoms with Crippen LogP contribution in [0, 0.1) is 17.0 Å². The second kappa shape index (κ2) is 7.36. The van der Waals surface area contributed by atoms with Crippen molar-refractivity contribution >= 4 is 23.4 Å². The van der Waals surface area contributed by atoms with E-state index in [4.69, 9.17) is 0 Å². The normalized spacial score (nSPS) is 10.1. The van der Waals surface area contributed by atoms with E-state index in [0.717, 1.165) is 6.42 Å². The van der Waals surface area contributed by atoms with Gasteiger partial charge < -0.3 is 15.5 Å². The summed E-state index contributed by atoms with van der Waals surface area (Å²) >= 11 is 0. The molecule has 2 N–H and O–H groups in total. The third-order valence-corrected chi connectivity index (χ3v) is 2.85. The van der Waals surface area contributed by atoms with Gasteiger partial charge in [0.15, 0.2) is 0 Å². The molecule has 1 heterocycles. The Kier molecular flexibility index (Phi) is 5.82. The number of aromatic nitrogens is 2. The molecule has 0 aliphatic carbocycles. The lowest BCUT2D eigenvalue weighted by molar-refractivity contribution is -0.385. The number of carbonyl (C=O) groups is 1. The van der Waals surface area contributed by atoms with Crippen LogP contribution in [0.4, 0.5) is 17.5 Å². The Labute approximate surface area is 122 Å². The van der Waals surface area contributed by atoms with Crippen LogP contribution in [0.2, 0.25) is 0 Å². The van der Waals surface area contributed by atoms with E-state index in [9.17, 15) is 14.9 Å². The highest BCUT2D eigenvalue weighted by Crippen LogP contribution is 2.29. The predicted molar refractivity (Wildman–Crippen MR) is 79.5 cm³/mol. The van der Waals surface area contributed by atoms with E-state index < -0.39 is 4.92 Å². The van der Waals surface area contributed by atoms with Crippen molar-refractivity contribution in [2.45, 2.75) is 20.3 Å². The smallest absolute Gasteiger partial charge is 0.332 e. The third-order valence-electron chi connectivity index (χ3n) is 2.85. The first-order valence-corrected chi connectivity index (χ1v) is 6.60. The molecule has 116 valence electrons. The number of likely N-dealkylation sites (N-methyl/N-ethyl adjacent to an activating group) is 1. The van der Waals surface area contributed by atoms with E-state index in [1.54, 1.807) is 18.9 Å². The molecule has 9 nitrogen and oxygen atoms in total. The minimum absolute atomic E-state index is 0.00475. The Bertz CT molecular complexity index is 534. The minimum atomic E-state index is -0.517. The molecular formula is C12H20N6O3. The third kappa shape index (κ3) is 4.01. The maximum Gasteiger partial charge on any atom is 0.332 e. The number of anilines is 2.